The van der Waals surface area contributed by atoms with Crippen LogP contribution in [-0.4, -0.2) is 10.2 Å². The number of thiocarbonyl (C=S) groups is 1. The molecule has 1 aliphatic heterocycles. The molecule has 22 heavy (non-hydrogen) atoms. The van der Waals surface area contributed by atoms with E-state index in [1.165, 1.54) is 17.3 Å². The van der Waals surface area contributed by atoms with E-state index >= 15 is 0 Å². The zero-order valence-electron chi connectivity index (χ0n) is 12.5. The van der Waals surface area contributed by atoms with Crippen molar-refractivity contribution in [2.24, 2.45) is 0 Å². The van der Waals surface area contributed by atoms with E-state index in [0.717, 1.165) is 17.0 Å². The molecule has 1 aliphatic rings. The number of nitrogens with zero attached hydrogens (tertiary/aromatic N) is 1. The minimum absolute atomic E-state index is 0.104. The predicted octanol–water partition coefficient (Wildman–Crippen LogP) is 4.61. The topological polar surface area (TPSA) is 33.5 Å². The molecule has 3 rings (SSSR count). The lowest BCUT2D eigenvalue weighted by atomic mass is 10.1. The number of carbonyl (C=O) groups excluding carboxylic acids is 1. The van der Waals surface area contributed by atoms with Gasteiger partial charge in [-0.1, -0.05) is 30.0 Å². The highest BCUT2D eigenvalue weighted by molar-refractivity contribution is 8.27. The van der Waals surface area contributed by atoms with Crippen molar-refractivity contribution < 1.29 is 9.21 Å². The summed E-state index contributed by atoms with van der Waals surface area (Å²) in [4.78, 5) is 14.8. The summed E-state index contributed by atoms with van der Waals surface area (Å²) >= 11 is 6.67. The molecule has 0 unspecified atom stereocenters. The van der Waals surface area contributed by atoms with E-state index in [9.17, 15) is 4.79 Å². The lowest BCUT2D eigenvalue weighted by molar-refractivity contribution is -0.113. The molecule has 1 aromatic carbocycles. The second-order valence-corrected chi connectivity index (χ2v) is 6.91. The minimum atomic E-state index is -0.104. The van der Waals surface area contributed by atoms with Crippen LogP contribution < -0.4 is 4.90 Å². The van der Waals surface area contributed by atoms with E-state index < -0.39 is 0 Å². The maximum atomic E-state index is 12.6. The van der Waals surface area contributed by atoms with Gasteiger partial charge in [0.05, 0.1) is 10.6 Å². The molecule has 0 bridgehead atoms. The molecule has 0 spiro atoms. The van der Waals surface area contributed by atoms with Crippen molar-refractivity contribution in [3.63, 3.8) is 0 Å². The quantitative estimate of drug-likeness (QED) is 0.595. The molecule has 1 aromatic heterocycles. The normalized spacial score (nSPS) is 16.9. The standard InChI is InChI=1S/C17H15NO2S2/c1-10-4-6-13(8-11(10)2)18-16(19)15(22-17(18)21)9-14-7-5-12(3)20-14/h4-9H,1-3H3/b15-9+. The van der Waals surface area contributed by atoms with E-state index in [0.29, 0.717) is 15.0 Å². The second-order valence-electron chi connectivity index (χ2n) is 5.23. The van der Waals surface area contributed by atoms with Gasteiger partial charge in [0.2, 0.25) is 0 Å². The highest BCUT2D eigenvalue weighted by atomic mass is 32.2. The Bertz CT molecular complexity index is 805. The van der Waals surface area contributed by atoms with Crippen LogP contribution >= 0.6 is 24.0 Å². The largest absolute Gasteiger partial charge is 0.462 e. The first-order chi connectivity index (χ1) is 10.5. The van der Waals surface area contributed by atoms with Gasteiger partial charge in [0.1, 0.15) is 11.5 Å². The van der Waals surface area contributed by atoms with Crippen molar-refractivity contribution in [1.82, 2.24) is 0 Å². The molecule has 2 aromatic rings. The van der Waals surface area contributed by atoms with Gasteiger partial charge < -0.3 is 4.42 Å². The van der Waals surface area contributed by atoms with E-state index in [1.807, 2.05) is 51.1 Å². The van der Waals surface area contributed by atoms with Crippen LogP contribution in [0.1, 0.15) is 22.6 Å². The molecule has 1 fully saturated rings. The van der Waals surface area contributed by atoms with Crippen LogP contribution in [0.15, 0.2) is 39.7 Å². The molecule has 0 atom stereocenters. The van der Waals surface area contributed by atoms with Crippen LogP contribution in [0.25, 0.3) is 6.08 Å². The Hall–Kier alpha value is -1.85. The number of aryl methyl sites for hydroxylation is 3. The van der Waals surface area contributed by atoms with E-state index in [2.05, 4.69) is 0 Å². The first-order valence-corrected chi connectivity index (χ1v) is 8.10. The van der Waals surface area contributed by atoms with Crippen molar-refractivity contribution >= 4 is 46.0 Å². The minimum Gasteiger partial charge on any atom is -0.462 e. The Balaban J connectivity index is 1.94. The maximum absolute atomic E-state index is 12.6. The van der Waals surface area contributed by atoms with Gasteiger partial charge in [-0.05, 0) is 56.2 Å². The SMILES string of the molecule is Cc1ccc(/C=C2/SC(=S)N(c3ccc(C)c(C)c3)C2=O)o1. The zero-order chi connectivity index (χ0) is 15.9. The first kappa shape index (κ1) is 15.1. The Morgan fingerprint density at radius 2 is 1.91 bits per heavy atom. The van der Waals surface area contributed by atoms with Gasteiger partial charge >= 0.3 is 0 Å². The molecule has 0 aliphatic carbocycles. The summed E-state index contributed by atoms with van der Waals surface area (Å²) in [6, 6.07) is 9.63. The molecule has 0 saturated carbocycles. The maximum Gasteiger partial charge on any atom is 0.270 e. The third-order valence-corrected chi connectivity index (χ3v) is 4.88. The van der Waals surface area contributed by atoms with E-state index in [4.69, 9.17) is 16.6 Å². The number of amides is 1. The number of furan rings is 1. The monoisotopic (exact) mass is 329 g/mol. The predicted molar refractivity (Wildman–Crippen MR) is 95.0 cm³/mol. The molecule has 1 amide bonds. The van der Waals surface area contributed by atoms with E-state index in [-0.39, 0.29) is 5.91 Å². The lowest BCUT2D eigenvalue weighted by Crippen LogP contribution is -2.27. The number of carbonyl (C=O) groups is 1. The average Bonchev–Trinajstić information content (AvgIpc) is 2.98. The molecule has 2 heterocycles. The van der Waals surface area contributed by atoms with Crippen LogP contribution in [0.3, 0.4) is 0 Å². The van der Waals surface area contributed by atoms with Gasteiger partial charge in [-0.2, -0.15) is 0 Å². The average molecular weight is 329 g/mol. The zero-order valence-corrected chi connectivity index (χ0v) is 14.2. The van der Waals surface area contributed by atoms with Gasteiger partial charge in [-0.15, -0.1) is 0 Å². The number of rotatable bonds is 2. The number of hydrogen-bond donors (Lipinski definition) is 0. The fourth-order valence-electron chi connectivity index (χ4n) is 2.22. The van der Waals surface area contributed by atoms with Crippen molar-refractivity contribution in [1.29, 1.82) is 0 Å². The third-order valence-electron chi connectivity index (χ3n) is 3.58. The van der Waals surface area contributed by atoms with Crippen molar-refractivity contribution in [3.05, 3.63) is 57.9 Å². The van der Waals surface area contributed by atoms with Crippen LogP contribution in [0, 0.1) is 20.8 Å². The third kappa shape index (κ3) is 2.74. The fraction of sp³-hybridized carbons (Fsp3) is 0.176. The molecule has 5 heteroatoms. The number of benzene rings is 1. The van der Waals surface area contributed by atoms with Gasteiger partial charge in [0.15, 0.2) is 4.32 Å². The summed E-state index contributed by atoms with van der Waals surface area (Å²) < 4.78 is 6.05. The second kappa shape index (κ2) is 5.74. The number of hydrogen-bond acceptors (Lipinski definition) is 4. The molecule has 1 saturated heterocycles. The number of anilines is 1. The summed E-state index contributed by atoms with van der Waals surface area (Å²) in [5.74, 6) is 1.38. The summed E-state index contributed by atoms with van der Waals surface area (Å²) in [5, 5.41) is 0. The van der Waals surface area contributed by atoms with Crippen molar-refractivity contribution in [2.45, 2.75) is 20.8 Å². The van der Waals surface area contributed by atoms with Gasteiger partial charge in [-0.25, -0.2) is 0 Å². The Labute approximate surface area is 139 Å². The smallest absolute Gasteiger partial charge is 0.270 e. The highest BCUT2D eigenvalue weighted by Crippen LogP contribution is 2.36. The summed E-state index contributed by atoms with van der Waals surface area (Å²) in [7, 11) is 0. The molecule has 3 nitrogen and oxygen atoms in total. The molecule has 0 radical (unpaired) electrons. The Kier molecular flexibility index (Phi) is 3.93. The Morgan fingerprint density at radius 1 is 1.14 bits per heavy atom. The highest BCUT2D eigenvalue weighted by Gasteiger charge is 2.33. The van der Waals surface area contributed by atoms with Gasteiger partial charge in [0, 0.05) is 6.08 Å². The lowest BCUT2D eigenvalue weighted by Gasteiger charge is -2.15. The van der Waals surface area contributed by atoms with Gasteiger partial charge in [-0.3, -0.25) is 9.69 Å². The van der Waals surface area contributed by atoms with E-state index in [1.54, 1.807) is 11.0 Å². The van der Waals surface area contributed by atoms with Crippen LogP contribution in [-0.2, 0) is 4.79 Å². The first-order valence-electron chi connectivity index (χ1n) is 6.87. The van der Waals surface area contributed by atoms with Gasteiger partial charge in [0.25, 0.3) is 5.91 Å². The van der Waals surface area contributed by atoms with Crippen LogP contribution in [0.2, 0.25) is 0 Å². The molecule has 0 N–H and O–H groups in total. The van der Waals surface area contributed by atoms with Crippen molar-refractivity contribution in [3.8, 4) is 0 Å². The molecular formula is C17H15NO2S2. The van der Waals surface area contributed by atoms with Crippen LogP contribution in [0.4, 0.5) is 5.69 Å². The van der Waals surface area contributed by atoms with Crippen molar-refractivity contribution in [2.75, 3.05) is 4.90 Å². The summed E-state index contributed by atoms with van der Waals surface area (Å²) in [6.45, 7) is 5.94. The van der Waals surface area contributed by atoms with Crippen LogP contribution in [0.5, 0.6) is 0 Å². The summed E-state index contributed by atoms with van der Waals surface area (Å²) in [5.41, 5.74) is 3.14. The number of thioether (sulfide) groups is 1. The molecular weight excluding hydrogens is 314 g/mol. The molecule has 112 valence electrons. The Morgan fingerprint density at radius 3 is 2.55 bits per heavy atom. The fourth-order valence-corrected chi connectivity index (χ4v) is 3.49. The summed E-state index contributed by atoms with van der Waals surface area (Å²) in [6.07, 6.45) is 1.74.